The minimum atomic E-state index is -0.677. The van der Waals surface area contributed by atoms with Gasteiger partial charge in [-0.3, -0.25) is 24.5 Å². The van der Waals surface area contributed by atoms with E-state index in [0.29, 0.717) is 29.1 Å². The zero-order valence-electron chi connectivity index (χ0n) is 17.7. The van der Waals surface area contributed by atoms with Crippen molar-refractivity contribution < 1.29 is 19.2 Å². The van der Waals surface area contributed by atoms with Crippen molar-refractivity contribution in [3.05, 3.63) is 59.8 Å². The number of rotatable bonds is 4. The van der Waals surface area contributed by atoms with Crippen LogP contribution in [-0.2, 0) is 20.9 Å². The molecule has 3 heterocycles. The van der Waals surface area contributed by atoms with Crippen LogP contribution in [0.5, 0.6) is 0 Å². The fourth-order valence-corrected chi connectivity index (χ4v) is 4.23. The van der Waals surface area contributed by atoms with Gasteiger partial charge >= 0.3 is 0 Å². The number of carbonyl (C=O) groups is 4. The maximum atomic E-state index is 13.0. The maximum absolute atomic E-state index is 13.0. The van der Waals surface area contributed by atoms with Crippen molar-refractivity contribution in [2.75, 3.05) is 5.32 Å². The highest BCUT2D eigenvalue weighted by molar-refractivity contribution is 6.05. The molecule has 0 bridgehead atoms. The molecule has 3 aromatic rings. The van der Waals surface area contributed by atoms with Crippen LogP contribution < -0.4 is 10.6 Å². The summed E-state index contributed by atoms with van der Waals surface area (Å²) in [5, 5.41) is 13.5. The molecule has 33 heavy (non-hydrogen) atoms. The molecule has 10 nitrogen and oxygen atoms in total. The first-order valence-corrected chi connectivity index (χ1v) is 10.5. The second-order valence-electron chi connectivity index (χ2n) is 8.01. The number of hydrogen-bond acceptors (Lipinski definition) is 6. The van der Waals surface area contributed by atoms with E-state index in [0.717, 1.165) is 11.1 Å². The lowest BCUT2D eigenvalue weighted by Gasteiger charge is -2.29. The quantitative estimate of drug-likeness (QED) is 0.590. The van der Waals surface area contributed by atoms with Crippen molar-refractivity contribution in [1.82, 2.24) is 25.2 Å². The minimum absolute atomic E-state index is 0.146. The van der Waals surface area contributed by atoms with Gasteiger partial charge in [-0.25, -0.2) is 4.68 Å². The predicted octanol–water partition coefficient (Wildman–Crippen LogP) is 1.65. The van der Waals surface area contributed by atoms with Crippen LogP contribution in [0.4, 0.5) is 5.69 Å². The Morgan fingerprint density at radius 3 is 2.64 bits per heavy atom. The molecule has 1 unspecified atom stereocenters. The van der Waals surface area contributed by atoms with Crippen molar-refractivity contribution in [3.8, 4) is 16.9 Å². The summed E-state index contributed by atoms with van der Waals surface area (Å²) in [6, 6.07) is 11.9. The topological polar surface area (TPSA) is 126 Å². The Balaban J connectivity index is 1.42. The van der Waals surface area contributed by atoms with Crippen molar-refractivity contribution in [1.29, 1.82) is 0 Å². The van der Waals surface area contributed by atoms with Gasteiger partial charge in [0.15, 0.2) is 0 Å². The molecule has 166 valence electrons. The van der Waals surface area contributed by atoms with Crippen LogP contribution in [0, 0.1) is 0 Å². The van der Waals surface area contributed by atoms with Gasteiger partial charge in [-0.1, -0.05) is 23.4 Å². The van der Waals surface area contributed by atoms with E-state index in [1.807, 2.05) is 18.2 Å². The number of carbonyl (C=O) groups excluding carboxylic acids is 4. The first kappa shape index (κ1) is 20.6. The van der Waals surface area contributed by atoms with Crippen molar-refractivity contribution in [3.63, 3.8) is 0 Å². The zero-order valence-corrected chi connectivity index (χ0v) is 17.7. The number of anilines is 1. The maximum Gasteiger partial charge on any atom is 0.255 e. The second kappa shape index (κ2) is 7.97. The average Bonchev–Trinajstić information content (AvgIpc) is 3.39. The van der Waals surface area contributed by atoms with Crippen LogP contribution >= 0.6 is 0 Å². The average molecular weight is 444 g/mol. The first-order valence-electron chi connectivity index (χ1n) is 10.5. The Labute approximate surface area is 188 Å². The van der Waals surface area contributed by atoms with Gasteiger partial charge in [0.2, 0.25) is 17.7 Å². The third-order valence-electron chi connectivity index (χ3n) is 5.80. The molecule has 0 aliphatic carbocycles. The van der Waals surface area contributed by atoms with E-state index in [-0.39, 0.29) is 30.7 Å². The van der Waals surface area contributed by atoms with Gasteiger partial charge in [0.05, 0.1) is 11.9 Å². The van der Waals surface area contributed by atoms with Crippen molar-refractivity contribution >= 4 is 29.3 Å². The number of benzene rings is 2. The minimum Gasteiger partial charge on any atom is -0.326 e. The number of nitrogens with one attached hydrogen (secondary N) is 2. The van der Waals surface area contributed by atoms with Crippen LogP contribution in [0.15, 0.2) is 48.7 Å². The lowest BCUT2D eigenvalue weighted by Crippen LogP contribution is -2.52. The summed E-state index contributed by atoms with van der Waals surface area (Å²) in [5.74, 6) is -1.15. The zero-order chi connectivity index (χ0) is 23.1. The Bertz CT molecular complexity index is 1300. The summed E-state index contributed by atoms with van der Waals surface area (Å²) in [7, 11) is 0. The molecule has 2 aromatic carbocycles. The monoisotopic (exact) mass is 444 g/mol. The van der Waals surface area contributed by atoms with Gasteiger partial charge in [0, 0.05) is 42.3 Å². The molecule has 10 heteroatoms. The van der Waals surface area contributed by atoms with Gasteiger partial charge in [-0.2, -0.15) is 0 Å². The summed E-state index contributed by atoms with van der Waals surface area (Å²) in [5.41, 5.74) is 4.10. The molecule has 5 rings (SSSR count). The molecule has 1 fully saturated rings. The number of piperidine rings is 1. The third-order valence-corrected chi connectivity index (χ3v) is 5.80. The normalized spacial score (nSPS) is 17.7. The highest BCUT2D eigenvalue weighted by Gasteiger charge is 2.40. The molecule has 4 amide bonds. The number of imide groups is 1. The number of nitrogens with zero attached hydrogens (tertiary/aromatic N) is 4. The molecular formula is C23H20N6O4. The van der Waals surface area contributed by atoms with E-state index >= 15 is 0 Å². The standard InChI is InChI=1S/C23H20N6O4/c1-13(30)24-15-7-5-14(6-8-15)18-12-29(27-26-18)19-4-2-3-16-17(19)11-28(23(16)33)20-9-10-21(31)25-22(20)32/h2-8,12,20H,9-11H2,1H3,(H,24,30)(H,25,31,32). The van der Waals surface area contributed by atoms with Crippen LogP contribution in [0.25, 0.3) is 16.9 Å². The summed E-state index contributed by atoms with van der Waals surface area (Å²) in [6.07, 6.45) is 2.28. The molecule has 0 radical (unpaired) electrons. The fraction of sp³-hybridized carbons (Fsp3) is 0.217. The molecular weight excluding hydrogens is 424 g/mol. The highest BCUT2D eigenvalue weighted by Crippen LogP contribution is 2.32. The smallest absolute Gasteiger partial charge is 0.255 e. The lowest BCUT2D eigenvalue weighted by atomic mass is 10.0. The van der Waals surface area contributed by atoms with Crippen molar-refractivity contribution in [2.45, 2.75) is 32.4 Å². The molecule has 2 aliphatic heterocycles. The Morgan fingerprint density at radius 2 is 1.91 bits per heavy atom. The molecule has 2 aliphatic rings. The van der Waals surface area contributed by atoms with Gasteiger partial charge in [0.25, 0.3) is 5.91 Å². The van der Waals surface area contributed by atoms with Crippen LogP contribution in [0.1, 0.15) is 35.7 Å². The van der Waals surface area contributed by atoms with E-state index in [1.165, 1.54) is 11.8 Å². The van der Waals surface area contributed by atoms with Gasteiger partial charge < -0.3 is 10.2 Å². The van der Waals surface area contributed by atoms with Crippen LogP contribution in [0.3, 0.4) is 0 Å². The van der Waals surface area contributed by atoms with E-state index in [9.17, 15) is 19.2 Å². The fourth-order valence-electron chi connectivity index (χ4n) is 4.23. The molecule has 0 spiro atoms. The Hall–Kier alpha value is -4.34. The number of fused-ring (bicyclic) bond motifs is 1. The number of aromatic nitrogens is 3. The lowest BCUT2D eigenvalue weighted by molar-refractivity contribution is -0.137. The summed E-state index contributed by atoms with van der Waals surface area (Å²) >= 11 is 0. The molecule has 2 N–H and O–H groups in total. The van der Waals surface area contributed by atoms with Crippen LogP contribution in [-0.4, -0.2) is 49.6 Å². The third kappa shape index (κ3) is 3.75. The molecule has 1 saturated heterocycles. The Kier molecular flexibility index (Phi) is 4.97. The van der Waals surface area contributed by atoms with Gasteiger partial charge in [-0.05, 0) is 30.7 Å². The van der Waals surface area contributed by atoms with Gasteiger partial charge in [0.1, 0.15) is 11.7 Å². The molecule has 1 aromatic heterocycles. The van der Waals surface area contributed by atoms with E-state index in [4.69, 9.17) is 0 Å². The summed E-state index contributed by atoms with van der Waals surface area (Å²) in [4.78, 5) is 49.5. The molecule has 0 saturated carbocycles. The predicted molar refractivity (Wildman–Crippen MR) is 117 cm³/mol. The SMILES string of the molecule is CC(=O)Nc1ccc(-c2cn(-c3cccc4c3CN(C3CCC(=O)NC3=O)C4=O)nn2)cc1. The Morgan fingerprint density at radius 1 is 1.12 bits per heavy atom. The highest BCUT2D eigenvalue weighted by atomic mass is 16.2. The largest absolute Gasteiger partial charge is 0.326 e. The van der Waals surface area contributed by atoms with E-state index in [1.54, 1.807) is 35.1 Å². The summed E-state index contributed by atoms with van der Waals surface area (Å²) in [6.45, 7) is 1.70. The first-order chi connectivity index (χ1) is 15.9. The summed E-state index contributed by atoms with van der Waals surface area (Å²) < 4.78 is 1.61. The van der Waals surface area contributed by atoms with Crippen molar-refractivity contribution in [2.24, 2.45) is 0 Å². The van der Waals surface area contributed by atoms with Gasteiger partial charge in [-0.15, -0.1) is 5.10 Å². The second-order valence-corrected chi connectivity index (χ2v) is 8.01. The molecule has 1 atom stereocenters. The van der Waals surface area contributed by atoms with E-state index in [2.05, 4.69) is 20.9 Å². The van der Waals surface area contributed by atoms with E-state index < -0.39 is 11.9 Å². The van der Waals surface area contributed by atoms with Crippen LogP contribution in [0.2, 0.25) is 0 Å². The number of amides is 4. The number of hydrogen-bond donors (Lipinski definition) is 2.